The Bertz CT molecular complexity index is 778. The highest BCUT2D eigenvalue weighted by molar-refractivity contribution is 7.11. The normalized spacial score (nSPS) is 16.6. The lowest BCUT2D eigenvalue weighted by atomic mass is 9.73. The fourth-order valence-corrected chi connectivity index (χ4v) is 5.46. The molecule has 1 aliphatic rings. The van der Waals surface area contributed by atoms with Crippen molar-refractivity contribution in [1.29, 1.82) is 0 Å². The molecule has 0 aliphatic heterocycles. The van der Waals surface area contributed by atoms with Gasteiger partial charge in [0.1, 0.15) is 4.88 Å². The number of thiazole rings is 1. The van der Waals surface area contributed by atoms with E-state index >= 15 is 0 Å². The van der Waals surface area contributed by atoms with Crippen molar-refractivity contribution in [1.82, 2.24) is 20.9 Å². The molecule has 0 bridgehead atoms. The average Bonchev–Trinajstić information content (AvgIpc) is 3.40. The van der Waals surface area contributed by atoms with Gasteiger partial charge in [-0.1, -0.05) is 25.3 Å². The third-order valence-corrected chi connectivity index (χ3v) is 7.37. The summed E-state index contributed by atoms with van der Waals surface area (Å²) >= 11 is 3.23. The van der Waals surface area contributed by atoms with Gasteiger partial charge in [-0.25, -0.2) is 4.98 Å². The molecule has 0 radical (unpaired) electrons. The third kappa shape index (κ3) is 5.11. The summed E-state index contributed by atoms with van der Waals surface area (Å²) in [4.78, 5) is 22.7. The van der Waals surface area contributed by atoms with Crippen LogP contribution >= 0.6 is 22.7 Å². The van der Waals surface area contributed by atoms with Gasteiger partial charge in [-0.2, -0.15) is 0 Å². The molecule has 3 rings (SSSR count). The van der Waals surface area contributed by atoms with Crippen molar-refractivity contribution in [3.63, 3.8) is 0 Å². The number of aryl methyl sites for hydroxylation is 1. The maximum absolute atomic E-state index is 12.1. The number of aliphatic imine (C=N–C) groups is 1. The highest BCUT2D eigenvalue weighted by Gasteiger charge is 2.34. The second-order valence-electron chi connectivity index (χ2n) is 7.19. The van der Waals surface area contributed by atoms with Crippen molar-refractivity contribution >= 4 is 34.5 Å². The summed E-state index contributed by atoms with van der Waals surface area (Å²) in [6.07, 6.45) is 6.35. The summed E-state index contributed by atoms with van der Waals surface area (Å²) in [5.74, 6) is 0.716. The van der Waals surface area contributed by atoms with E-state index in [1.165, 1.54) is 48.3 Å². The minimum Gasteiger partial charge on any atom is -0.355 e. The molecule has 6 nitrogen and oxygen atoms in total. The van der Waals surface area contributed by atoms with Gasteiger partial charge in [-0.15, -0.1) is 22.7 Å². The molecule has 2 aromatic rings. The summed E-state index contributed by atoms with van der Waals surface area (Å²) in [6, 6.07) is 4.42. The molecule has 1 fully saturated rings. The predicted octanol–water partition coefficient (Wildman–Crippen LogP) is 3.31. The van der Waals surface area contributed by atoms with Gasteiger partial charge in [0.15, 0.2) is 5.96 Å². The zero-order chi connectivity index (χ0) is 19.8. The summed E-state index contributed by atoms with van der Waals surface area (Å²) in [5.41, 5.74) is 2.68. The molecule has 0 saturated heterocycles. The number of thiophene rings is 1. The van der Waals surface area contributed by atoms with E-state index in [0.717, 1.165) is 18.2 Å². The molecular formula is C20H29N5OS2. The van der Waals surface area contributed by atoms with Gasteiger partial charge in [-0.3, -0.25) is 9.79 Å². The van der Waals surface area contributed by atoms with Crippen LogP contribution in [-0.2, 0) is 5.41 Å². The molecule has 8 heteroatoms. The van der Waals surface area contributed by atoms with Gasteiger partial charge in [0, 0.05) is 37.0 Å². The van der Waals surface area contributed by atoms with Crippen LogP contribution in [0.25, 0.3) is 0 Å². The van der Waals surface area contributed by atoms with Crippen LogP contribution in [-0.4, -0.2) is 43.5 Å². The summed E-state index contributed by atoms with van der Waals surface area (Å²) in [7, 11) is 1.78. The van der Waals surface area contributed by atoms with Gasteiger partial charge in [0.25, 0.3) is 5.91 Å². The van der Waals surface area contributed by atoms with Crippen LogP contribution in [0.1, 0.15) is 52.3 Å². The van der Waals surface area contributed by atoms with Gasteiger partial charge in [0.2, 0.25) is 0 Å². The van der Waals surface area contributed by atoms with E-state index in [2.05, 4.69) is 43.4 Å². The molecule has 1 saturated carbocycles. The topological polar surface area (TPSA) is 78.4 Å². The number of rotatable bonds is 7. The zero-order valence-corrected chi connectivity index (χ0v) is 18.2. The zero-order valence-electron chi connectivity index (χ0n) is 16.6. The van der Waals surface area contributed by atoms with Crippen molar-refractivity contribution in [2.75, 3.05) is 26.7 Å². The molecule has 152 valence electrons. The standard InChI is InChI=1S/C20H29N5OS2/c1-15-17(28-14-25-15)18(26)22-10-11-23-19(21-2)24-13-20(8-4-3-5-9-20)16-7-6-12-27-16/h6-7,12,14H,3-5,8-11,13H2,1-2H3,(H,22,26)(H2,21,23,24). The van der Waals surface area contributed by atoms with E-state index in [1.807, 2.05) is 18.3 Å². The SMILES string of the molecule is CN=C(NCCNC(=O)c1scnc1C)NCC1(c2cccs2)CCCCC1. The highest BCUT2D eigenvalue weighted by Crippen LogP contribution is 2.41. The van der Waals surface area contributed by atoms with Crippen LogP contribution in [0.3, 0.4) is 0 Å². The summed E-state index contributed by atoms with van der Waals surface area (Å²) in [5, 5.41) is 11.9. The number of carbonyl (C=O) groups is 1. The smallest absolute Gasteiger partial charge is 0.263 e. The largest absolute Gasteiger partial charge is 0.355 e. The maximum atomic E-state index is 12.1. The van der Waals surface area contributed by atoms with Crippen molar-refractivity contribution < 1.29 is 4.79 Å². The van der Waals surface area contributed by atoms with Crippen molar-refractivity contribution in [3.8, 4) is 0 Å². The van der Waals surface area contributed by atoms with Gasteiger partial charge >= 0.3 is 0 Å². The Morgan fingerprint density at radius 1 is 1.18 bits per heavy atom. The summed E-state index contributed by atoms with van der Waals surface area (Å²) in [6.45, 7) is 3.89. The molecule has 1 amide bonds. The minimum absolute atomic E-state index is 0.0661. The number of aromatic nitrogens is 1. The monoisotopic (exact) mass is 419 g/mol. The van der Waals surface area contributed by atoms with E-state index in [1.54, 1.807) is 12.6 Å². The van der Waals surface area contributed by atoms with Gasteiger partial charge < -0.3 is 16.0 Å². The second kappa shape index (κ2) is 10.0. The molecule has 0 spiro atoms. The first-order valence-electron chi connectivity index (χ1n) is 9.81. The van der Waals surface area contributed by atoms with Crippen LogP contribution < -0.4 is 16.0 Å². The van der Waals surface area contributed by atoms with Gasteiger partial charge in [0.05, 0.1) is 11.2 Å². The number of hydrogen-bond donors (Lipinski definition) is 3. The lowest BCUT2D eigenvalue weighted by Crippen LogP contribution is -2.47. The number of guanidine groups is 1. The van der Waals surface area contributed by atoms with Crippen molar-refractivity contribution in [2.45, 2.75) is 44.4 Å². The number of hydrogen-bond acceptors (Lipinski definition) is 5. The third-order valence-electron chi connectivity index (χ3n) is 5.33. The predicted molar refractivity (Wildman–Crippen MR) is 118 cm³/mol. The molecule has 0 unspecified atom stereocenters. The van der Waals surface area contributed by atoms with Crippen LogP contribution in [0.4, 0.5) is 0 Å². The fraction of sp³-hybridized carbons (Fsp3) is 0.550. The van der Waals surface area contributed by atoms with E-state index in [9.17, 15) is 4.79 Å². The molecule has 2 aromatic heterocycles. The molecular weight excluding hydrogens is 390 g/mol. The van der Waals surface area contributed by atoms with E-state index in [0.29, 0.717) is 18.0 Å². The van der Waals surface area contributed by atoms with Gasteiger partial charge in [-0.05, 0) is 31.2 Å². The quantitative estimate of drug-likeness (QED) is 0.365. The minimum atomic E-state index is -0.0661. The highest BCUT2D eigenvalue weighted by atomic mass is 32.1. The molecule has 3 N–H and O–H groups in total. The van der Waals surface area contributed by atoms with E-state index in [-0.39, 0.29) is 11.3 Å². The van der Waals surface area contributed by atoms with Crippen LogP contribution in [0.15, 0.2) is 28.0 Å². The Hall–Kier alpha value is -1.93. The lowest BCUT2D eigenvalue weighted by molar-refractivity contribution is 0.0957. The Balaban J connectivity index is 1.46. The van der Waals surface area contributed by atoms with E-state index < -0.39 is 0 Å². The van der Waals surface area contributed by atoms with Crippen molar-refractivity contribution in [2.24, 2.45) is 4.99 Å². The molecule has 0 aromatic carbocycles. The Morgan fingerprint density at radius 3 is 2.61 bits per heavy atom. The lowest BCUT2D eigenvalue weighted by Gasteiger charge is -2.37. The number of nitrogens with one attached hydrogen (secondary N) is 3. The fourth-order valence-electron chi connectivity index (χ4n) is 3.75. The van der Waals surface area contributed by atoms with Crippen LogP contribution in [0, 0.1) is 6.92 Å². The molecule has 2 heterocycles. The van der Waals surface area contributed by atoms with E-state index in [4.69, 9.17) is 0 Å². The Morgan fingerprint density at radius 2 is 1.96 bits per heavy atom. The number of amides is 1. The average molecular weight is 420 g/mol. The molecule has 28 heavy (non-hydrogen) atoms. The maximum Gasteiger partial charge on any atom is 0.263 e. The van der Waals surface area contributed by atoms with Crippen molar-refractivity contribution in [3.05, 3.63) is 38.5 Å². The number of nitrogens with zero attached hydrogens (tertiary/aromatic N) is 2. The first-order valence-corrected chi connectivity index (χ1v) is 11.6. The van der Waals surface area contributed by atoms with Crippen LogP contribution in [0.5, 0.6) is 0 Å². The first-order chi connectivity index (χ1) is 13.6. The number of carbonyl (C=O) groups excluding carboxylic acids is 1. The Kier molecular flexibility index (Phi) is 7.44. The molecule has 0 atom stereocenters. The first kappa shape index (κ1) is 20.8. The second-order valence-corrected chi connectivity index (χ2v) is 9.00. The molecule has 1 aliphatic carbocycles. The Labute approximate surface area is 174 Å². The summed E-state index contributed by atoms with van der Waals surface area (Å²) < 4.78 is 0. The van der Waals surface area contributed by atoms with Crippen LogP contribution in [0.2, 0.25) is 0 Å².